The minimum atomic E-state index is -0.398. The lowest BCUT2D eigenvalue weighted by Gasteiger charge is -2.16. The Morgan fingerprint density at radius 1 is 0.935 bits per heavy atom. The molecule has 3 aromatic carbocycles. The average Bonchev–Trinajstić information content (AvgIpc) is 3.18. The second kappa shape index (κ2) is 8.83. The maximum atomic E-state index is 12.9. The fourth-order valence-corrected chi connectivity index (χ4v) is 3.54. The van der Waals surface area contributed by atoms with Gasteiger partial charge in [-0.15, -0.1) is 0 Å². The van der Waals surface area contributed by atoms with Crippen LogP contribution in [0.2, 0.25) is 0 Å². The molecule has 0 aliphatic rings. The number of carbonyl (C=O) groups is 2. The van der Waals surface area contributed by atoms with Gasteiger partial charge in [0.25, 0.3) is 5.91 Å². The molecule has 0 saturated carbocycles. The van der Waals surface area contributed by atoms with Gasteiger partial charge in [0.15, 0.2) is 5.78 Å². The van der Waals surface area contributed by atoms with Gasteiger partial charge in [-0.2, -0.15) is 0 Å². The minimum Gasteiger partial charge on any atom is -0.497 e. The Morgan fingerprint density at radius 3 is 2.32 bits per heavy atom. The van der Waals surface area contributed by atoms with Crippen LogP contribution in [0.5, 0.6) is 5.75 Å². The summed E-state index contributed by atoms with van der Waals surface area (Å²) < 4.78 is 7.02. The molecule has 4 aromatic rings. The van der Waals surface area contributed by atoms with Gasteiger partial charge in [0, 0.05) is 11.1 Å². The molecule has 156 valence electrons. The zero-order valence-corrected chi connectivity index (χ0v) is 17.4. The maximum Gasteiger partial charge on any atom is 0.251 e. The number of fused-ring (bicyclic) bond motifs is 1. The predicted molar refractivity (Wildman–Crippen MR) is 119 cm³/mol. The summed E-state index contributed by atoms with van der Waals surface area (Å²) in [5.41, 5.74) is 2.80. The van der Waals surface area contributed by atoms with Crippen LogP contribution in [0.15, 0.2) is 78.9 Å². The van der Waals surface area contributed by atoms with Crippen molar-refractivity contribution in [3.8, 4) is 5.75 Å². The molecule has 0 spiro atoms. The van der Waals surface area contributed by atoms with Gasteiger partial charge < -0.3 is 14.6 Å². The molecule has 0 saturated heterocycles. The monoisotopic (exact) mass is 413 g/mol. The van der Waals surface area contributed by atoms with Crippen molar-refractivity contribution in [2.45, 2.75) is 19.5 Å². The Hall–Kier alpha value is -3.93. The Balaban J connectivity index is 1.62. The van der Waals surface area contributed by atoms with Crippen LogP contribution in [0.25, 0.3) is 11.0 Å². The zero-order chi connectivity index (χ0) is 21.8. The molecule has 1 unspecified atom stereocenters. The summed E-state index contributed by atoms with van der Waals surface area (Å²) in [5.74, 6) is 1.08. The molecule has 1 amide bonds. The first-order chi connectivity index (χ1) is 15.1. The SMILES string of the molecule is COc1ccc(C(=O)NC(C)c2nc3ccccc3n2CC(=O)c2ccccc2)cc1. The molecule has 6 heteroatoms. The van der Waals surface area contributed by atoms with E-state index < -0.39 is 6.04 Å². The normalized spacial score (nSPS) is 11.8. The van der Waals surface area contributed by atoms with Gasteiger partial charge in [-0.1, -0.05) is 42.5 Å². The first-order valence-corrected chi connectivity index (χ1v) is 10.0. The molecule has 0 radical (unpaired) electrons. The van der Waals surface area contributed by atoms with Crippen molar-refractivity contribution in [1.29, 1.82) is 0 Å². The minimum absolute atomic E-state index is 0.0151. The first kappa shape index (κ1) is 20.3. The summed E-state index contributed by atoms with van der Waals surface area (Å²) in [4.78, 5) is 30.3. The average molecular weight is 413 g/mol. The van der Waals surface area contributed by atoms with E-state index in [1.54, 1.807) is 43.5 Å². The zero-order valence-electron chi connectivity index (χ0n) is 17.4. The number of Topliss-reactive ketones (excluding diaryl/α,β-unsaturated/α-hetero) is 1. The molecule has 1 N–H and O–H groups in total. The Labute approximate surface area is 180 Å². The molecule has 6 nitrogen and oxygen atoms in total. The van der Waals surface area contributed by atoms with E-state index in [9.17, 15) is 9.59 Å². The van der Waals surface area contributed by atoms with Crippen LogP contribution in [0.1, 0.15) is 39.5 Å². The summed E-state index contributed by atoms with van der Waals surface area (Å²) in [6.07, 6.45) is 0. The van der Waals surface area contributed by atoms with Crippen LogP contribution in [0.3, 0.4) is 0 Å². The lowest BCUT2D eigenvalue weighted by Crippen LogP contribution is -2.29. The topological polar surface area (TPSA) is 73.2 Å². The molecule has 0 aliphatic carbocycles. The number of benzene rings is 3. The number of amides is 1. The van der Waals surface area contributed by atoms with E-state index in [1.165, 1.54) is 0 Å². The van der Waals surface area contributed by atoms with E-state index in [4.69, 9.17) is 9.72 Å². The van der Waals surface area contributed by atoms with E-state index in [1.807, 2.05) is 54.0 Å². The summed E-state index contributed by atoms with van der Waals surface area (Å²) >= 11 is 0. The second-order valence-corrected chi connectivity index (χ2v) is 7.26. The number of para-hydroxylation sites is 2. The van der Waals surface area contributed by atoms with Gasteiger partial charge in [0.05, 0.1) is 30.7 Å². The van der Waals surface area contributed by atoms with Crippen LogP contribution in [-0.2, 0) is 6.54 Å². The third-order valence-electron chi connectivity index (χ3n) is 5.17. The maximum absolute atomic E-state index is 12.9. The Morgan fingerprint density at radius 2 is 1.61 bits per heavy atom. The molecule has 31 heavy (non-hydrogen) atoms. The Bertz CT molecular complexity index is 1210. The highest BCUT2D eigenvalue weighted by Gasteiger charge is 2.21. The van der Waals surface area contributed by atoms with Crippen molar-refractivity contribution >= 4 is 22.7 Å². The number of imidazole rings is 1. The molecule has 1 aromatic heterocycles. The molecular formula is C25H23N3O3. The van der Waals surface area contributed by atoms with Crippen molar-refractivity contribution in [3.05, 3.63) is 95.8 Å². The molecule has 0 bridgehead atoms. The number of aromatic nitrogens is 2. The number of hydrogen-bond acceptors (Lipinski definition) is 4. The van der Waals surface area contributed by atoms with E-state index >= 15 is 0 Å². The number of ether oxygens (including phenoxy) is 1. The summed E-state index contributed by atoms with van der Waals surface area (Å²) in [5, 5.41) is 2.99. The first-order valence-electron chi connectivity index (χ1n) is 10.0. The van der Waals surface area contributed by atoms with Gasteiger partial charge >= 0.3 is 0 Å². The molecule has 1 atom stereocenters. The largest absolute Gasteiger partial charge is 0.497 e. The highest BCUT2D eigenvalue weighted by atomic mass is 16.5. The van der Waals surface area contributed by atoms with Crippen LogP contribution in [0.4, 0.5) is 0 Å². The van der Waals surface area contributed by atoms with Crippen molar-refractivity contribution in [2.75, 3.05) is 7.11 Å². The molecule has 4 rings (SSSR count). The fourth-order valence-electron chi connectivity index (χ4n) is 3.54. The van der Waals surface area contributed by atoms with E-state index in [2.05, 4.69) is 5.32 Å². The van der Waals surface area contributed by atoms with Crippen molar-refractivity contribution in [2.24, 2.45) is 0 Å². The number of carbonyl (C=O) groups excluding carboxylic acids is 2. The number of hydrogen-bond donors (Lipinski definition) is 1. The summed E-state index contributed by atoms with van der Waals surface area (Å²) in [7, 11) is 1.58. The standard InChI is InChI=1S/C25H23N3O3/c1-17(26-25(30)19-12-14-20(31-2)15-13-19)24-27-21-10-6-7-11-22(21)28(24)16-23(29)18-8-4-3-5-9-18/h3-15,17H,16H2,1-2H3,(H,26,30). The van der Waals surface area contributed by atoms with Gasteiger partial charge in [-0.05, 0) is 43.3 Å². The molecule has 1 heterocycles. The third kappa shape index (κ3) is 4.33. The van der Waals surface area contributed by atoms with Crippen molar-refractivity contribution in [1.82, 2.24) is 14.9 Å². The summed E-state index contributed by atoms with van der Waals surface area (Å²) in [6, 6.07) is 23.3. The van der Waals surface area contributed by atoms with E-state index in [0.717, 1.165) is 11.0 Å². The van der Waals surface area contributed by atoms with Crippen LogP contribution in [-0.4, -0.2) is 28.4 Å². The number of methoxy groups -OCH3 is 1. The Kier molecular flexibility index (Phi) is 5.80. The van der Waals surface area contributed by atoms with E-state index in [-0.39, 0.29) is 18.2 Å². The highest BCUT2D eigenvalue weighted by Crippen LogP contribution is 2.22. The van der Waals surface area contributed by atoms with Gasteiger partial charge in [0.1, 0.15) is 11.6 Å². The molecule has 0 aliphatic heterocycles. The van der Waals surface area contributed by atoms with Crippen LogP contribution >= 0.6 is 0 Å². The quantitative estimate of drug-likeness (QED) is 0.455. The number of ketones is 1. The molecule has 0 fully saturated rings. The third-order valence-corrected chi connectivity index (χ3v) is 5.17. The second-order valence-electron chi connectivity index (χ2n) is 7.26. The highest BCUT2D eigenvalue weighted by molar-refractivity contribution is 5.97. The van der Waals surface area contributed by atoms with Crippen molar-refractivity contribution < 1.29 is 14.3 Å². The van der Waals surface area contributed by atoms with Crippen LogP contribution < -0.4 is 10.1 Å². The number of rotatable bonds is 7. The smallest absolute Gasteiger partial charge is 0.251 e. The van der Waals surface area contributed by atoms with Gasteiger partial charge in [0.2, 0.25) is 0 Å². The predicted octanol–water partition coefficient (Wildman–Crippen LogP) is 4.42. The van der Waals surface area contributed by atoms with E-state index in [0.29, 0.717) is 22.7 Å². The number of nitrogens with one attached hydrogen (secondary N) is 1. The number of nitrogens with zero attached hydrogens (tertiary/aromatic N) is 2. The van der Waals surface area contributed by atoms with Crippen LogP contribution in [0, 0.1) is 0 Å². The van der Waals surface area contributed by atoms with Gasteiger partial charge in [-0.25, -0.2) is 4.98 Å². The molecular weight excluding hydrogens is 390 g/mol. The lowest BCUT2D eigenvalue weighted by molar-refractivity contribution is 0.0937. The fraction of sp³-hybridized carbons (Fsp3) is 0.160. The van der Waals surface area contributed by atoms with Gasteiger partial charge in [-0.3, -0.25) is 9.59 Å². The van der Waals surface area contributed by atoms with Crippen molar-refractivity contribution in [3.63, 3.8) is 0 Å². The lowest BCUT2D eigenvalue weighted by atomic mass is 10.1. The summed E-state index contributed by atoms with van der Waals surface area (Å²) in [6.45, 7) is 2.01.